The molecule has 1 amide bonds. The van der Waals surface area contributed by atoms with Gasteiger partial charge in [0.15, 0.2) is 17.2 Å². The summed E-state index contributed by atoms with van der Waals surface area (Å²) in [7, 11) is 1.36. The Bertz CT molecular complexity index is 1270. The predicted octanol–water partition coefficient (Wildman–Crippen LogP) is 2.51. The lowest BCUT2D eigenvalue weighted by Gasteiger charge is -2.27. The van der Waals surface area contributed by atoms with Crippen molar-refractivity contribution in [2.45, 2.75) is 6.92 Å². The molecule has 10 heteroatoms. The Morgan fingerprint density at radius 2 is 2.00 bits per heavy atom. The van der Waals surface area contributed by atoms with Crippen molar-refractivity contribution in [3.05, 3.63) is 53.9 Å². The number of benzene rings is 1. The van der Waals surface area contributed by atoms with Crippen molar-refractivity contribution in [2.75, 3.05) is 38.3 Å². The normalized spacial score (nSPS) is 14.1. The molecule has 0 saturated carbocycles. The number of nitrogens with zero attached hydrogens (tertiary/aromatic N) is 5. The molecule has 0 bridgehead atoms. The maximum Gasteiger partial charge on any atom is 0.310 e. The number of fused-ring (bicyclic) bond motifs is 1. The quantitative estimate of drug-likeness (QED) is 0.478. The van der Waals surface area contributed by atoms with E-state index >= 15 is 0 Å². The summed E-state index contributed by atoms with van der Waals surface area (Å²) >= 11 is 0. The first kappa shape index (κ1) is 20.2. The number of anilines is 1. The molecule has 0 unspecified atom stereocenters. The first-order valence-corrected chi connectivity index (χ1v) is 10.2. The summed E-state index contributed by atoms with van der Waals surface area (Å²) in [6.07, 6.45) is 1.82. The van der Waals surface area contributed by atoms with Gasteiger partial charge in [0.2, 0.25) is 0 Å². The lowest BCUT2D eigenvalue weighted by Crippen LogP contribution is -2.37. The molecule has 10 nitrogen and oxygen atoms in total. The van der Waals surface area contributed by atoms with Crippen LogP contribution in [-0.2, 0) is 9.57 Å². The number of aryl methyl sites for hydroxylation is 1. The number of carbonyl (C=O) groups excluding carboxylic acids is 1. The van der Waals surface area contributed by atoms with E-state index in [0.29, 0.717) is 49.2 Å². The highest BCUT2D eigenvalue weighted by Gasteiger charge is 2.23. The highest BCUT2D eigenvalue weighted by molar-refractivity contribution is 5.97. The third-order valence-corrected chi connectivity index (χ3v) is 5.18. The summed E-state index contributed by atoms with van der Waals surface area (Å²) in [5.41, 5.74) is 6.19. The molecule has 4 aromatic rings. The molecule has 164 valence electrons. The number of aromatic nitrogens is 4. The second kappa shape index (κ2) is 8.40. The van der Waals surface area contributed by atoms with Gasteiger partial charge >= 0.3 is 5.91 Å². The Kier molecular flexibility index (Phi) is 5.29. The molecular weight excluding hydrogens is 412 g/mol. The van der Waals surface area contributed by atoms with Gasteiger partial charge in [0.1, 0.15) is 5.52 Å². The Hall–Kier alpha value is -3.76. The molecule has 4 heterocycles. The van der Waals surface area contributed by atoms with Gasteiger partial charge in [0.25, 0.3) is 5.95 Å². The zero-order valence-corrected chi connectivity index (χ0v) is 17.7. The zero-order valence-electron chi connectivity index (χ0n) is 17.7. The number of nitrogens with one attached hydrogen (secondary N) is 1. The number of hydrogen-bond donors (Lipinski definition) is 1. The second-order valence-electron chi connectivity index (χ2n) is 7.42. The average molecular weight is 434 g/mol. The third kappa shape index (κ3) is 3.81. The van der Waals surface area contributed by atoms with E-state index in [9.17, 15) is 4.79 Å². The van der Waals surface area contributed by atoms with Gasteiger partial charge in [0, 0.05) is 30.9 Å². The van der Waals surface area contributed by atoms with Crippen molar-refractivity contribution >= 4 is 22.8 Å². The molecule has 1 aliphatic rings. The van der Waals surface area contributed by atoms with Crippen molar-refractivity contribution in [1.82, 2.24) is 25.2 Å². The van der Waals surface area contributed by atoms with Crippen LogP contribution in [0.1, 0.15) is 16.1 Å². The maximum absolute atomic E-state index is 12.2. The van der Waals surface area contributed by atoms with Crippen LogP contribution in [0.2, 0.25) is 0 Å². The highest BCUT2D eigenvalue weighted by atomic mass is 16.6. The molecule has 5 rings (SSSR count). The molecule has 0 radical (unpaired) electrons. The number of morpholine rings is 1. The molecule has 1 N–H and O–H groups in total. The van der Waals surface area contributed by atoms with Gasteiger partial charge in [-0.3, -0.25) is 9.63 Å². The molecule has 32 heavy (non-hydrogen) atoms. The van der Waals surface area contributed by atoms with E-state index in [1.165, 1.54) is 7.11 Å². The van der Waals surface area contributed by atoms with Crippen LogP contribution in [0.25, 0.3) is 28.3 Å². The first-order chi connectivity index (χ1) is 15.6. The molecule has 0 spiro atoms. The van der Waals surface area contributed by atoms with Gasteiger partial charge in [-0.05, 0) is 19.1 Å². The van der Waals surface area contributed by atoms with E-state index in [4.69, 9.17) is 19.0 Å². The third-order valence-electron chi connectivity index (χ3n) is 5.18. The summed E-state index contributed by atoms with van der Waals surface area (Å²) in [6.45, 7) is 4.51. The lowest BCUT2D eigenvalue weighted by atomic mass is 10.1. The van der Waals surface area contributed by atoms with Crippen LogP contribution >= 0.6 is 0 Å². The number of rotatable bonds is 5. The summed E-state index contributed by atoms with van der Waals surface area (Å²) in [5.74, 6) is 0.569. The van der Waals surface area contributed by atoms with Crippen molar-refractivity contribution in [3.63, 3.8) is 0 Å². The standard InChI is InChI=1S/C22H22N6O4/c1-14-4-3-5-15(12-14)16-6-7-28(25-16)22-23-17-13-18(21(29)26-30-2)32-19(17)20(24-22)27-8-10-31-11-9-27/h3-7,12-13H,8-11H2,1-2H3,(H,26,29). The molecular formula is C22H22N6O4. The van der Waals surface area contributed by atoms with E-state index in [1.807, 2.05) is 37.4 Å². The Labute approximate surface area is 183 Å². The van der Waals surface area contributed by atoms with Crippen molar-refractivity contribution < 1.29 is 18.8 Å². The lowest BCUT2D eigenvalue weighted by molar-refractivity contribution is 0.0512. The fraction of sp³-hybridized carbons (Fsp3) is 0.273. The van der Waals surface area contributed by atoms with E-state index in [-0.39, 0.29) is 5.76 Å². The average Bonchev–Trinajstić information content (AvgIpc) is 3.47. The van der Waals surface area contributed by atoms with Crippen LogP contribution in [-0.4, -0.2) is 59.1 Å². The smallest absolute Gasteiger partial charge is 0.310 e. The molecule has 1 fully saturated rings. The molecule has 1 saturated heterocycles. The monoisotopic (exact) mass is 434 g/mol. The fourth-order valence-electron chi connectivity index (χ4n) is 3.64. The second-order valence-corrected chi connectivity index (χ2v) is 7.42. The zero-order chi connectivity index (χ0) is 22.1. The van der Waals surface area contributed by atoms with E-state index in [2.05, 4.69) is 26.5 Å². The van der Waals surface area contributed by atoms with Gasteiger partial charge in [0.05, 0.1) is 26.0 Å². The molecule has 0 atom stereocenters. The van der Waals surface area contributed by atoms with E-state index < -0.39 is 5.91 Å². The minimum atomic E-state index is -0.499. The van der Waals surface area contributed by atoms with Gasteiger partial charge < -0.3 is 14.1 Å². The van der Waals surface area contributed by atoms with Crippen LogP contribution < -0.4 is 10.4 Å². The van der Waals surface area contributed by atoms with E-state index in [0.717, 1.165) is 16.8 Å². The Morgan fingerprint density at radius 3 is 2.78 bits per heavy atom. The highest BCUT2D eigenvalue weighted by Crippen LogP contribution is 2.29. The number of furan rings is 1. The number of amides is 1. The molecule has 3 aromatic heterocycles. The largest absolute Gasteiger partial charge is 0.445 e. The van der Waals surface area contributed by atoms with Crippen molar-refractivity contribution in [2.24, 2.45) is 0 Å². The van der Waals surface area contributed by atoms with Crippen LogP contribution in [0.5, 0.6) is 0 Å². The summed E-state index contributed by atoms with van der Waals surface area (Å²) in [4.78, 5) is 28.3. The van der Waals surface area contributed by atoms with Gasteiger partial charge in [-0.15, -0.1) is 0 Å². The number of carbonyl (C=O) groups is 1. The van der Waals surface area contributed by atoms with Gasteiger partial charge in [-0.25, -0.2) is 15.1 Å². The maximum atomic E-state index is 12.2. The Balaban J connectivity index is 1.59. The summed E-state index contributed by atoms with van der Waals surface area (Å²) in [5, 5.41) is 4.67. The number of ether oxygens (including phenoxy) is 1. The number of hydroxylamine groups is 1. The van der Waals surface area contributed by atoms with Crippen LogP contribution in [0.3, 0.4) is 0 Å². The number of hydrogen-bond acceptors (Lipinski definition) is 8. The molecule has 0 aliphatic carbocycles. The first-order valence-electron chi connectivity index (χ1n) is 10.2. The minimum absolute atomic E-state index is 0.0868. The predicted molar refractivity (Wildman–Crippen MR) is 117 cm³/mol. The summed E-state index contributed by atoms with van der Waals surface area (Å²) < 4.78 is 12.9. The van der Waals surface area contributed by atoms with Gasteiger partial charge in [-0.1, -0.05) is 23.8 Å². The Morgan fingerprint density at radius 1 is 1.16 bits per heavy atom. The van der Waals surface area contributed by atoms with Crippen LogP contribution in [0.4, 0.5) is 5.82 Å². The summed E-state index contributed by atoms with van der Waals surface area (Å²) in [6, 6.07) is 11.6. The fourth-order valence-corrected chi connectivity index (χ4v) is 3.64. The minimum Gasteiger partial charge on any atom is -0.445 e. The van der Waals surface area contributed by atoms with E-state index in [1.54, 1.807) is 10.7 Å². The molecule has 1 aromatic carbocycles. The molecule has 1 aliphatic heterocycles. The van der Waals surface area contributed by atoms with Gasteiger partial charge in [-0.2, -0.15) is 10.1 Å². The van der Waals surface area contributed by atoms with Crippen LogP contribution in [0, 0.1) is 6.92 Å². The topological polar surface area (TPSA) is 108 Å². The SMILES string of the molecule is CONC(=O)c1cc2nc(-n3ccc(-c4cccc(C)c4)n3)nc(N3CCOCC3)c2o1. The van der Waals surface area contributed by atoms with Crippen molar-refractivity contribution in [3.8, 4) is 17.2 Å². The van der Waals surface area contributed by atoms with Crippen LogP contribution in [0.15, 0.2) is 47.0 Å². The van der Waals surface area contributed by atoms with Crippen molar-refractivity contribution in [1.29, 1.82) is 0 Å².